The van der Waals surface area contributed by atoms with Crippen molar-refractivity contribution < 1.29 is 38.6 Å². The van der Waals surface area contributed by atoms with Crippen molar-refractivity contribution in [2.45, 2.75) is 88.2 Å². The summed E-state index contributed by atoms with van der Waals surface area (Å²) < 4.78 is 7.56. The van der Waals surface area contributed by atoms with Gasteiger partial charge < -0.3 is 41.0 Å². The molecule has 0 saturated carbocycles. The van der Waals surface area contributed by atoms with Gasteiger partial charge in [0.15, 0.2) is 0 Å². The van der Waals surface area contributed by atoms with E-state index in [1.165, 1.54) is 13.8 Å². The monoisotopic (exact) mass is 1010 g/mol. The van der Waals surface area contributed by atoms with Crippen molar-refractivity contribution in [2.24, 2.45) is 0 Å². The van der Waals surface area contributed by atoms with Crippen LogP contribution in [0.2, 0.25) is 0 Å². The van der Waals surface area contributed by atoms with Gasteiger partial charge in [0.25, 0.3) is 0 Å². The maximum absolute atomic E-state index is 14.5. The fourth-order valence-corrected chi connectivity index (χ4v) is 9.18. The number of hydrogen-bond acceptors (Lipinski definition) is 8. The van der Waals surface area contributed by atoms with Gasteiger partial charge in [-0.15, -0.1) is 0 Å². The topological polar surface area (TPSA) is 210 Å². The number of carbonyl (C=O) groups is 6. The summed E-state index contributed by atoms with van der Waals surface area (Å²) in [6.45, 7) is 7.14. The van der Waals surface area contributed by atoms with Crippen molar-refractivity contribution in [3.8, 4) is 0 Å². The molecule has 7 aromatic rings. The number of ether oxygens (including phenoxy) is 1. The molecule has 1 aromatic heterocycles. The molecule has 0 saturated heterocycles. The van der Waals surface area contributed by atoms with Crippen LogP contribution >= 0.6 is 0 Å². The van der Waals surface area contributed by atoms with Gasteiger partial charge in [-0.25, -0.2) is 9.78 Å². The van der Waals surface area contributed by atoms with E-state index in [0.29, 0.717) is 5.69 Å². The minimum atomic E-state index is -1.76. The van der Waals surface area contributed by atoms with E-state index in [-0.39, 0.29) is 19.3 Å². The molecule has 386 valence electrons. The molecule has 0 bridgehead atoms. The van der Waals surface area contributed by atoms with E-state index >= 15 is 0 Å². The van der Waals surface area contributed by atoms with Crippen LogP contribution in [0.1, 0.15) is 86.5 Å². The summed E-state index contributed by atoms with van der Waals surface area (Å²) in [5.74, 6) is -4.27. The standard InChI is InChI=1S/C60H63N7O8/c1-57(2,3)75-56(74)64-50(38-48-40-67(41-62-48)60(45-30-18-9-19-31-45,46-32-20-10-21-33-46)47-34-22-11-23-35-47)54(72)66-58(4,5)55(73)63-49(53(71)61-39-52(69)70)36-37-51(68)65-59(42-24-12-6-13-25-42,43-26-14-7-15-27-43)44-28-16-8-17-29-44/h6-35,40-41,49-50H,36-39H2,1-5H3,(H,61,71)(H,63,73)(H,64,74)(H,65,68)(H,66,72)(H,69,70)/t49-,50-/m0/s1. The number of aromatic nitrogens is 2. The van der Waals surface area contributed by atoms with E-state index in [1.54, 1.807) is 27.1 Å². The van der Waals surface area contributed by atoms with Crippen LogP contribution in [0.25, 0.3) is 0 Å². The number of aliphatic carboxylic acids is 1. The predicted octanol–water partition coefficient (Wildman–Crippen LogP) is 7.63. The molecule has 15 heteroatoms. The number of carboxylic acid groups (broad SMARTS) is 1. The van der Waals surface area contributed by atoms with Gasteiger partial charge in [-0.2, -0.15) is 0 Å². The summed E-state index contributed by atoms with van der Waals surface area (Å²) in [5, 5.41) is 23.1. The van der Waals surface area contributed by atoms with Crippen LogP contribution in [0.4, 0.5) is 4.79 Å². The third kappa shape index (κ3) is 13.0. The van der Waals surface area contributed by atoms with Gasteiger partial charge in [-0.3, -0.25) is 24.0 Å². The highest BCUT2D eigenvalue weighted by Gasteiger charge is 2.41. The van der Waals surface area contributed by atoms with Gasteiger partial charge in [-0.1, -0.05) is 182 Å². The fourth-order valence-electron chi connectivity index (χ4n) is 9.18. The Bertz CT molecular complexity index is 2850. The first-order valence-corrected chi connectivity index (χ1v) is 24.7. The third-order valence-corrected chi connectivity index (χ3v) is 12.7. The first-order valence-electron chi connectivity index (χ1n) is 24.7. The molecule has 0 radical (unpaired) electrons. The lowest BCUT2D eigenvalue weighted by Crippen LogP contribution is -2.62. The first-order chi connectivity index (χ1) is 35.9. The minimum Gasteiger partial charge on any atom is -0.480 e. The van der Waals surface area contributed by atoms with E-state index in [2.05, 4.69) is 26.6 Å². The number of hydrogen-bond donors (Lipinski definition) is 6. The van der Waals surface area contributed by atoms with Crippen molar-refractivity contribution >= 4 is 35.7 Å². The van der Waals surface area contributed by atoms with Gasteiger partial charge in [0.1, 0.15) is 40.8 Å². The van der Waals surface area contributed by atoms with Crippen LogP contribution in [-0.4, -0.2) is 80.1 Å². The highest BCUT2D eigenvalue weighted by molar-refractivity contribution is 5.96. The van der Waals surface area contributed by atoms with Gasteiger partial charge in [-0.05, 0) is 74.4 Å². The molecule has 0 unspecified atom stereocenters. The number of nitrogens with one attached hydrogen (secondary N) is 5. The Balaban J connectivity index is 1.14. The van der Waals surface area contributed by atoms with Crippen LogP contribution in [-0.2, 0) is 46.2 Å². The number of carboxylic acids is 1. The largest absolute Gasteiger partial charge is 0.480 e. The summed E-state index contributed by atoms with van der Waals surface area (Å²) in [6, 6.07) is 55.4. The molecular formula is C60H63N7O8. The van der Waals surface area contributed by atoms with Crippen LogP contribution in [0.15, 0.2) is 195 Å². The molecule has 0 aliphatic rings. The molecule has 6 aromatic carbocycles. The summed E-state index contributed by atoms with van der Waals surface area (Å²) >= 11 is 0. The zero-order chi connectivity index (χ0) is 53.6. The zero-order valence-electron chi connectivity index (χ0n) is 42.7. The second-order valence-electron chi connectivity index (χ2n) is 19.7. The molecule has 1 heterocycles. The maximum Gasteiger partial charge on any atom is 0.408 e. The van der Waals surface area contributed by atoms with Gasteiger partial charge in [0, 0.05) is 19.0 Å². The molecule has 0 fully saturated rings. The van der Waals surface area contributed by atoms with E-state index in [4.69, 9.17) is 9.72 Å². The molecule has 5 amide bonds. The lowest BCUT2D eigenvalue weighted by atomic mass is 9.77. The Hall–Kier alpha value is -8.85. The molecule has 0 spiro atoms. The van der Waals surface area contributed by atoms with Crippen molar-refractivity contribution in [3.63, 3.8) is 0 Å². The number of alkyl carbamates (subject to hydrolysis) is 1. The number of imidazole rings is 1. The molecule has 2 atom stereocenters. The van der Waals surface area contributed by atoms with Crippen LogP contribution in [0, 0.1) is 0 Å². The Labute approximate surface area is 437 Å². The summed E-state index contributed by atoms with van der Waals surface area (Å²) in [5.41, 5.74) is 0.768. The van der Waals surface area contributed by atoms with E-state index in [1.807, 2.05) is 193 Å². The molecule has 0 aliphatic carbocycles. The molecule has 0 aliphatic heterocycles. The molecule has 7 rings (SSSR count). The summed E-state index contributed by atoms with van der Waals surface area (Å²) in [7, 11) is 0. The predicted molar refractivity (Wildman–Crippen MR) is 285 cm³/mol. The second kappa shape index (κ2) is 23.8. The van der Waals surface area contributed by atoms with E-state index < -0.39 is 76.5 Å². The van der Waals surface area contributed by atoms with Crippen LogP contribution < -0.4 is 26.6 Å². The molecular weight excluding hydrogens is 947 g/mol. The highest BCUT2D eigenvalue weighted by Crippen LogP contribution is 2.41. The molecule has 15 nitrogen and oxygen atoms in total. The number of amides is 5. The van der Waals surface area contributed by atoms with Gasteiger partial charge in [0.2, 0.25) is 23.6 Å². The van der Waals surface area contributed by atoms with Gasteiger partial charge in [0.05, 0.1) is 12.0 Å². The summed E-state index contributed by atoms with van der Waals surface area (Å²) in [4.78, 5) is 86.7. The van der Waals surface area contributed by atoms with Gasteiger partial charge >= 0.3 is 12.1 Å². The smallest absolute Gasteiger partial charge is 0.408 e. The van der Waals surface area contributed by atoms with E-state index in [9.17, 15) is 33.9 Å². The quantitative estimate of drug-likeness (QED) is 0.0391. The fraction of sp³-hybridized carbons (Fsp3) is 0.250. The van der Waals surface area contributed by atoms with Crippen molar-refractivity contribution in [2.75, 3.05) is 6.54 Å². The average Bonchev–Trinajstić information content (AvgIpc) is 3.89. The van der Waals surface area contributed by atoms with Crippen molar-refractivity contribution in [1.82, 2.24) is 36.1 Å². The number of rotatable bonds is 21. The highest BCUT2D eigenvalue weighted by atomic mass is 16.6. The normalized spacial score (nSPS) is 12.5. The lowest BCUT2D eigenvalue weighted by Gasteiger charge is -2.37. The molecule has 6 N–H and O–H groups in total. The molecule has 75 heavy (non-hydrogen) atoms. The van der Waals surface area contributed by atoms with Crippen LogP contribution in [0.3, 0.4) is 0 Å². The Kier molecular flexibility index (Phi) is 17.1. The first kappa shape index (κ1) is 53.9. The Morgan fingerprint density at radius 1 is 0.560 bits per heavy atom. The average molecular weight is 1010 g/mol. The summed E-state index contributed by atoms with van der Waals surface area (Å²) in [6.07, 6.45) is 1.92. The number of nitrogens with zero attached hydrogens (tertiary/aromatic N) is 2. The number of benzene rings is 6. The zero-order valence-corrected chi connectivity index (χ0v) is 42.7. The lowest BCUT2D eigenvalue weighted by molar-refractivity contribution is -0.139. The Morgan fingerprint density at radius 2 is 0.987 bits per heavy atom. The minimum absolute atomic E-state index is 0.143. The van der Waals surface area contributed by atoms with Crippen molar-refractivity contribution in [1.29, 1.82) is 0 Å². The third-order valence-electron chi connectivity index (χ3n) is 12.7. The number of carbonyl (C=O) groups excluding carboxylic acids is 5. The van der Waals surface area contributed by atoms with Crippen LogP contribution in [0.5, 0.6) is 0 Å². The second-order valence-corrected chi connectivity index (χ2v) is 19.7. The Morgan fingerprint density at radius 3 is 1.40 bits per heavy atom. The maximum atomic E-state index is 14.5. The SMILES string of the molecule is CC(C)(C)OC(=O)N[C@@H](Cc1cn(C(c2ccccc2)(c2ccccc2)c2ccccc2)cn1)C(=O)NC(C)(C)C(=O)N[C@@H](CCC(=O)NC(c1ccccc1)(c1ccccc1)c1ccccc1)C(=O)NCC(=O)O. The van der Waals surface area contributed by atoms with Crippen molar-refractivity contribution in [3.05, 3.63) is 234 Å². The van der Waals surface area contributed by atoms with E-state index in [0.717, 1.165) is 33.4 Å².